The Bertz CT molecular complexity index is 2270. The predicted molar refractivity (Wildman–Crippen MR) is 190 cm³/mol. The Balaban J connectivity index is 0.000000202. The van der Waals surface area contributed by atoms with E-state index in [1.807, 2.05) is 25.7 Å². The molecule has 6 aromatic rings. The Morgan fingerprint density at radius 3 is 1.56 bits per heavy atom. The molecule has 6 rings (SSSR count). The van der Waals surface area contributed by atoms with Gasteiger partial charge in [0, 0.05) is 10.8 Å². The van der Waals surface area contributed by atoms with E-state index in [0.29, 0.717) is 16.5 Å². The number of pyridine rings is 2. The van der Waals surface area contributed by atoms with Crippen LogP contribution >= 0.6 is 0 Å². The molecule has 0 aliphatic rings. The number of fused-ring (bicyclic) bond motifs is 2. The van der Waals surface area contributed by atoms with E-state index in [9.17, 15) is 33.0 Å². The van der Waals surface area contributed by atoms with E-state index in [1.165, 1.54) is 68.7 Å². The number of ether oxygens (including phenoxy) is 2. The van der Waals surface area contributed by atoms with Gasteiger partial charge in [0.05, 0.1) is 35.2 Å². The summed E-state index contributed by atoms with van der Waals surface area (Å²) in [6.45, 7) is 8.49. The van der Waals surface area contributed by atoms with Crippen molar-refractivity contribution in [2.75, 3.05) is 0 Å². The maximum absolute atomic E-state index is 14.5. The number of para-hydroxylation sites is 2. The Labute approximate surface area is 298 Å². The summed E-state index contributed by atoms with van der Waals surface area (Å²) in [6.07, 6.45) is 0.102. The lowest BCUT2D eigenvalue weighted by Gasteiger charge is -2.26. The topological polar surface area (TPSA) is 118 Å². The van der Waals surface area contributed by atoms with Crippen molar-refractivity contribution in [2.45, 2.75) is 51.3 Å². The van der Waals surface area contributed by atoms with Crippen molar-refractivity contribution in [3.63, 3.8) is 0 Å². The highest BCUT2D eigenvalue weighted by atomic mass is 28.4. The van der Waals surface area contributed by atoms with Gasteiger partial charge in [0.2, 0.25) is 0 Å². The van der Waals surface area contributed by atoms with Crippen LogP contribution in [0.25, 0.3) is 21.8 Å². The lowest BCUT2D eigenvalue weighted by molar-refractivity contribution is -0.0520. The summed E-state index contributed by atoms with van der Waals surface area (Å²) >= 11 is 0. The van der Waals surface area contributed by atoms with Crippen LogP contribution in [0, 0.1) is 34.6 Å². The highest BCUT2D eigenvalue weighted by molar-refractivity contribution is 6.69. The number of aliphatic hydroxyl groups excluding tert-OH is 1. The highest BCUT2D eigenvalue weighted by Gasteiger charge is 2.32. The van der Waals surface area contributed by atoms with Crippen molar-refractivity contribution in [3.05, 3.63) is 132 Å². The van der Waals surface area contributed by atoms with Crippen molar-refractivity contribution in [1.82, 2.24) is 9.97 Å². The van der Waals surface area contributed by atoms with Crippen LogP contribution in [0.2, 0.25) is 19.6 Å². The van der Waals surface area contributed by atoms with Crippen molar-refractivity contribution < 1.29 is 41.7 Å². The number of hydrogen-bond donors (Lipinski definition) is 2. The van der Waals surface area contributed by atoms with Crippen LogP contribution in [0.3, 0.4) is 0 Å². The largest absolute Gasteiger partial charge is 0.455 e. The van der Waals surface area contributed by atoms with Crippen LogP contribution in [0.15, 0.2) is 97.3 Å². The molecule has 0 fully saturated rings. The van der Waals surface area contributed by atoms with Crippen molar-refractivity contribution in [1.29, 1.82) is 5.26 Å². The summed E-state index contributed by atoms with van der Waals surface area (Å²) < 4.78 is 73.5. The van der Waals surface area contributed by atoms with E-state index in [2.05, 4.69) is 9.97 Å². The number of nitriles is 1. The normalized spacial score (nSPS) is 12.8. The van der Waals surface area contributed by atoms with Gasteiger partial charge in [-0.3, -0.25) is 0 Å². The first-order valence-corrected chi connectivity index (χ1v) is 19.5. The number of aliphatic hydroxyl groups is 2. The second-order valence-corrected chi connectivity index (χ2v) is 17.7. The summed E-state index contributed by atoms with van der Waals surface area (Å²) in [6, 6.07) is 22.7. The molecule has 2 aromatic heterocycles. The molecular formula is C39H35F4N3O5Si. The third-order valence-corrected chi connectivity index (χ3v) is 8.49. The third kappa shape index (κ3) is 8.90. The highest BCUT2D eigenvalue weighted by Crippen LogP contribution is 2.38. The van der Waals surface area contributed by atoms with Gasteiger partial charge < -0.3 is 24.1 Å². The van der Waals surface area contributed by atoms with Gasteiger partial charge in [-0.25, -0.2) is 27.5 Å². The Kier molecular flexibility index (Phi) is 11.3. The van der Waals surface area contributed by atoms with Crippen LogP contribution in [0.4, 0.5) is 17.6 Å². The number of hydrogen-bond acceptors (Lipinski definition) is 8. The number of benzene rings is 4. The molecule has 2 atom stereocenters. The molecule has 52 heavy (non-hydrogen) atoms. The average molecular weight is 730 g/mol. The van der Waals surface area contributed by atoms with Gasteiger partial charge in [-0.2, -0.15) is 5.26 Å². The fourth-order valence-electron chi connectivity index (χ4n) is 5.16. The molecule has 0 aliphatic heterocycles. The first-order valence-electron chi connectivity index (χ1n) is 16.0. The Morgan fingerprint density at radius 2 is 1.12 bits per heavy atom. The molecule has 2 N–H and O–H groups in total. The zero-order chi connectivity index (χ0) is 37.8. The van der Waals surface area contributed by atoms with Crippen LogP contribution in [-0.4, -0.2) is 34.1 Å². The maximum Gasteiger partial charge on any atom is 0.186 e. The second-order valence-electron chi connectivity index (χ2n) is 13.3. The van der Waals surface area contributed by atoms with Crippen molar-refractivity contribution >= 4 is 30.1 Å². The van der Waals surface area contributed by atoms with Gasteiger partial charge in [0.1, 0.15) is 63.4 Å². The summed E-state index contributed by atoms with van der Waals surface area (Å²) in [5.41, 5.74) is -1.26. The molecular weight excluding hydrogens is 695 g/mol. The molecule has 0 amide bonds. The molecule has 0 bridgehead atoms. The fraction of sp³-hybridized carbons (Fsp3) is 0.205. The van der Waals surface area contributed by atoms with E-state index < -0.39 is 49.4 Å². The van der Waals surface area contributed by atoms with E-state index in [1.54, 1.807) is 42.5 Å². The van der Waals surface area contributed by atoms with Crippen LogP contribution in [-0.2, 0) is 4.43 Å². The van der Waals surface area contributed by atoms with Crippen LogP contribution < -0.4 is 9.47 Å². The zero-order valence-corrected chi connectivity index (χ0v) is 29.9. The second kappa shape index (κ2) is 15.5. The molecule has 13 heteroatoms. The minimum absolute atomic E-state index is 0.0433. The number of halogens is 4. The predicted octanol–water partition coefficient (Wildman–Crippen LogP) is 9.83. The minimum atomic E-state index is -2.10. The lowest BCUT2D eigenvalue weighted by atomic mass is 9.94. The summed E-state index contributed by atoms with van der Waals surface area (Å²) in [5, 5.41) is 30.9. The molecule has 0 aliphatic carbocycles. The monoisotopic (exact) mass is 729 g/mol. The molecule has 0 saturated heterocycles. The van der Waals surface area contributed by atoms with E-state index in [4.69, 9.17) is 13.9 Å². The molecule has 4 aromatic carbocycles. The van der Waals surface area contributed by atoms with Crippen molar-refractivity contribution in [2.24, 2.45) is 0 Å². The summed E-state index contributed by atoms with van der Waals surface area (Å²) in [7, 11) is -2.10. The average Bonchev–Trinajstić information content (AvgIpc) is 3.07. The fourth-order valence-corrected chi connectivity index (χ4v) is 6.04. The number of aromatic nitrogens is 2. The number of rotatable bonds is 9. The molecule has 2 heterocycles. The first-order chi connectivity index (χ1) is 24.6. The molecule has 8 nitrogen and oxygen atoms in total. The van der Waals surface area contributed by atoms with Gasteiger partial charge in [-0.05, 0) is 82.0 Å². The third-order valence-electron chi connectivity index (χ3n) is 7.55. The minimum Gasteiger partial charge on any atom is -0.455 e. The maximum atomic E-state index is 14.5. The quantitative estimate of drug-likeness (QED) is 0.112. The molecule has 0 spiro atoms. The van der Waals surface area contributed by atoms with Gasteiger partial charge in [0.25, 0.3) is 0 Å². The van der Waals surface area contributed by atoms with E-state index in [-0.39, 0.29) is 39.4 Å². The van der Waals surface area contributed by atoms with Gasteiger partial charge in [-0.15, -0.1) is 0 Å². The Hall–Kier alpha value is -5.39. The van der Waals surface area contributed by atoms with Crippen LogP contribution in [0.5, 0.6) is 23.0 Å². The summed E-state index contributed by atoms with van der Waals surface area (Å²) in [5.74, 6) is -1.39. The molecule has 2 unspecified atom stereocenters. The van der Waals surface area contributed by atoms with Gasteiger partial charge in [0.15, 0.2) is 14.4 Å². The van der Waals surface area contributed by atoms with Crippen LogP contribution in [0.1, 0.15) is 37.2 Å². The van der Waals surface area contributed by atoms with E-state index >= 15 is 0 Å². The molecule has 0 radical (unpaired) electrons. The molecule has 268 valence electrons. The Morgan fingerprint density at radius 1 is 0.692 bits per heavy atom. The van der Waals surface area contributed by atoms with Gasteiger partial charge in [-0.1, -0.05) is 36.4 Å². The smallest absolute Gasteiger partial charge is 0.186 e. The lowest BCUT2D eigenvalue weighted by Crippen LogP contribution is -2.29. The zero-order valence-electron chi connectivity index (χ0n) is 28.9. The number of nitrogens with zero attached hydrogens (tertiary/aromatic N) is 3. The standard InChI is InChI=1S/C20H18F2N2O2Si.C19H17F2NO3/c1-27(2,3)26-18(11-23)19-15(21)7-5-9-17(19)25-14-10-13-6-4-8-16(22)20(13)24-12-14;1-19(2,24)18(23)16-13(20)6-4-8-15(16)25-12-9-11-5-3-7-14(21)17(11)22-10-12/h4-10,12,18H,1-3H3;3-10,18,23-24H,1-2H3. The first kappa shape index (κ1) is 37.9. The SMILES string of the molecule is CC(C)(O)C(O)c1c(F)cccc1Oc1cnc2c(F)cccc2c1.C[Si](C)(C)OC(C#N)c1c(F)cccc1Oc1cnc2c(F)cccc2c1. The van der Waals surface area contributed by atoms with E-state index in [0.717, 1.165) is 0 Å². The summed E-state index contributed by atoms with van der Waals surface area (Å²) in [4.78, 5) is 8.09. The molecule has 0 saturated carbocycles. The van der Waals surface area contributed by atoms with Gasteiger partial charge >= 0.3 is 0 Å². The van der Waals surface area contributed by atoms with Crippen molar-refractivity contribution in [3.8, 4) is 29.1 Å².